The van der Waals surface area contributed by atoms with Gasteiger partial charge in [0.1, 0.15) is 0 Å². The molecule has 0 amide bonds. The fourth-order valence-electron chi connectivity index (χ4n) is 2.00. The Morgan fingerprint density at radius 1 is 1.28 bits per heavy atom. The molecule has 2 heterocycles. The Balaban J connectivity index is 1.92. The van der Waals surface area contributed by atoms with Crippen LogP contribution in [0.2, 0.25) is 25.7 Å². The predicted octanol–water partition coefficient (Wildman–Crippen LogP) is 2.27. The molecular formula is C15H23BrN5O3Si-. The molecule has 0 N–H and O–H groups in total. The van der Waals surface area contributed by atoms with E-state index in [2.05, 4.69) is 50.8 Å². The summed E-state index contributed by atoms with van der Waals surface area (Å²) in [5, 5.41) is 8.04. The first kappa shape index (κ1) is 19.7. The van der Waals surface area contributed by atoms with Gasteiger partial charge in [-0.3, -0.25) is 4.68 Å². The van der Waals surface area contributed by atoms with E-state index in [9.17, 15) is 9.59 Å². The Labute approximate surface area is 155 Å². The van der Waals surface area contributed by atoms with Crippen LogP contribution in [0.1, 0.15) is 27.4 Å². The van der Waals surface area contributed by atoms with Gasteiger partial charge in [-0.1, -0.05) is 0 Å². The molecule has 25 heavy (non-hydrogen) atoms. The molecule has 0 spiro atoms. The quantitative estimate of drug-likeness (QED) is 0.263. The molecule has 0 aliphatic rings. The van der Waals surface area contributed by atoms with Crippen molar-refractivity contribution in [3.8, 4) is 0 Å². The average molecular weight is 429 g/mol. The zero-order valence-electron chi connectivity index (χ0n) is 14.9. The van der Waals surface area contributed by atoms with E-state index in [1.807, 2.05) is 0 Å². The van der Waals surface area contributed by atoms with Crippen molar-refractivity contribution in [1.82, 2.24) is 24.5 Å². The molecule has 0 bridgehead atoms. The number of ketones is 2. The molecule has 0 atom stereocenters. The van der Waals surface area contributed by atoms with Crippen molar-refractivity contribution in [2.24, 2.45) is 7.05 Å². The van der Waals surface area contributed by atoms with Gasteiger partial charge < -0.3 is 0 Å². The minimum Gasteiger partial charge on any atom is -0.181 e. The first-order chi connectivity index (χ1) is 11.7. The molecule has 0 saturated heterocycles. The van der Waals surface area contributed by atoms with Crippen molar-refractivity contribution >= 4 is 35.6 Å². The molecule has 10 heteroatoms. The molecule has 0 aromatic carbocycles. The van der Waals surface area contributed by atoms with Gasteiger partial charge in [0.25, 0.3) is 0 Å². The summed E-state index contributed by atoms with van der Waals surface area (Å²) in [4.78, 5) is 28.4. The van der Waals surface area contributed by atoms with E-state index >= 15 is 0 Å². The fourth-order valence-corrected chi connectivity index (χ4v) is 3.23. The van der Waals surface area contributed by atoms with Crippen LogP contribution in [0.25, 0.3) is 0 Å². The normalized spacial score (nSPS) is 12.4. The van der Waals surface area contributed by atoms with Crippen LogP contribution in [-0.4, -0.2) is 50.8 Å². The summed E-state index contributed by atoms with van der Waals surface area (Å²) in [5.41, 5.74) is 0.393. The number of hydrogen-bond acceptors (Lipinski definition) is 6. The number of aryl methyl sites for hydroxylation is 1. The Morgan fingerprint density at radius 3 is 2.60 bits per heavy atom. The van der Waals surface area contributed by atoms with Crippen LogP contribution < -0.4 is 0 Å². The van der Waals surface area contributed by atoms with Crippen molar-refractivity contribution in [1.29, 1.82) is 0 Å². The van der Waals surface area contributed by atoms with Gasteiger partial charge >= 0.3 is 139 Å². The standard InChI is InChI=1S/C15H23BrN5O3Si/c1-20-9-11(8-17-20)12(22)7-13(23)14-18-15(16)21(19-14)10-24-5-6-25(2,3)4/h8-9,25H,5-7,10H2,1-4H3/q-1. The van der Waals surface area contributed by atoms with Crippen LogP contribution >= 0.6 is 15.9 Å². The van der Waals surface area contributed by atoms with Crippen molar-refractivity contribution in [3.63, 3.8) is 0 Å². The summed E-state index contributed by atoms with van der Waals surface area (Å²) in [6, 6.07) is 1.07. The van der Waals surface area contributed by atoms with E-state index in [-0.39, 0.29) is 24.8 Å². The molecule has 2 rings (SSSR count). The second kappa shape index (κ2) is 8.15. The van der Waals surface area contributed by atoms with E-state index in [0.29, 0.717) is 16.9 Å². The summed E-state index contributed by atoms with van der Waals surface area (Å²) < 4.78 is 8.99. The maximum absolute atomic E-state index is 12.2. The van der Waals surface area contributed by atoms with Crippen molar-refractivity contribution < 1.29 is 14.3 Å². The monoisotopic (exact) mass is 428 g/mol. The number of Topliss-reactive ketones (excluding diaryl/α,β-unsaturated/α-hetero) is 2. The minimum absolute atomic E-state index is 0.000198. The molecule has 0 radical (unpaired) electrons. The van der Waals surface area contributed by atoms with Gasteiger partial charge in [-0.25, -0.2) is 0 Å². The van der Waals surface area contributed by atoms with E-state index < -0.39 is 13.9 Å². The number of halogens is 1. The third-order valence-corrected chi connectivity index (χ3v) is 6.12. The first-order valence-corrected chi connectivity index (χ1v) is 13.2. The number of rotatable bonds is 9. The zero-order chi connectivity index (χ0) is 18.6. The average Bonchev–Trinajstić information content (AvgIpc) is 3.09. The van der Waals surface area contributed by atoms with E-state index in [0.717, 1.165) is 6.04 Å². The Kier molecular flexibility index (Phi) is 6.41. The van der Waals surface area contributed by atoms with E-state index in [1.54, 1.807) is 13.2 Å². The van der Waals surface area contributed by atoms with Crippen LogP contribution in [0.15, 0.2) is 17.1 Å². The van der Waals surface area contributed by atoms with Crippen LogP contribution in [0, 0.1) is 0 Å². The second-order valence-electron chi connectivity index (χ2n) is 7.41. The number of carbonyl (C=O) groups is 2. The smallest absolute Gasteiger partial charge is 0.181 e. The molecule has 0 aliphatic heterocycles. The molecule has 0 fully saturated rings. The van der Waals surface area contributed by atoms with E-state index in [1.165, 1.54) is 15.6 Å². The summed E-state index contributed by atoms with van der Waals surface area (Å²) >= 11 is 3.26. The predicted molar refractivity (Wildman–Crippen MR) is 99.7 cm³/mol. The number of carbonyl (C=O) groups excluding carboxylic acids is 2. The van der Waals surface area contributed by atoms with Crippen LogP contribution in [0.3, 0.4) is 0 Å². The number of aromatic nitrogens is 5. The number of ether oxygens (including phenoxy) is 1. The fraction of sp³-hybridized carbons (Fsp3) is 0.533. The SMILES string of the molecule is Cn1cc(C(=O)CC(=O)c2nc(Br)n(COCC[SiH-](C)(C)C)n2)cn1. The maximum atomic E-state index is 12.2. The molecule has 2 aromatic rings. The van der Waals surface area contributed by atoms with Gasteiger partial charge in [-0.15, -0.1) is 0 Å². The molecule has 138 valence electrons. The third-order valence-electron chi connectivity index (χ3n) is 3.57. The summed E-state index contributed by atoms with van der Waals surface area (Å²) in [6.45, 7) is 7.78. The second-order valence-corrected chi connectivity index (χ2v) is 14.6. The molecule has 0 unspecified atom stereocenters. The number of hydrogen-bond donors (Lipinski definition) is 0. The van der Waals surface area contributed by atoms with Crippen molar-refractivity contribution in [2.75, 3.05) is 6.61 Å². The van der Waals surface area contributed by atoms with Crippen molar-refractivity contribution in [2.45, 2.75) is 38.8 Å². The summed E-state index contributed by atoms with van der Waals surface area (Å²) in [6.07, 6.45) is 2.72. The van der Waals surface area contributed by atoms with Gasteiger partial charge in [0.2, 0.25) is 0 Å². The van der Waals surface area contributed by atoms with Gasteiger partial charge in [0.15, 0.2) is 0 Å². The van der Waals surface area contributed by atoms with Gasteiger partial charge in [0.05, 0.1) is 0 Å². The molecule has 8 nitrogen and oxygen atoms in total. The van der Waals surface area contributed by atoms with Crippen LogP contribution in [0.5, 0.6) is 0 Å². The Morgan fingerprint density at radius 2 is 2.00 bits per heavy atom. The third kappa shape index (κ3) is 5.98. The zero-order valence-corrected chi connectivity index (χ0v) is 17.6. The van der Waals surface area contributed by atoms with E-state index in [4.69, 9.17) is 4.74 Å². The van der Waals surface area contributed by atoms with Crippen LogP contribution in [0.4, 0.5) is 0 Å². The van der Waals surface area contributed by atoms with Gasteiger partial charge in [-0.2, -0.15) is 5.10 Å². The summed E-state index contributed by atoms with van der Waals surface area (Å²) in [5.74, 6) is -0.741. The first-order valence-electron chi connectivity index (χ1n) is 8.17. The minimum atomic E-state index is -1.42. The van der Waals surface area contributed by atoms with Crippen LogP contribution in [-0.2, 0) is 18.5 Å². The molecule has 0 aliphatic carbocycles. The molecule has 2 aromatic heterocycles. The Hall–Kier alpha value is -1.65. The molecule has 0 saturated carbocycles. The van der Waals surface area contributed by atoms with Crippen molar-refractivity contribution in [3.05, 3.63) is 28.5 Å². The van der Waals surface area contributed by atoms with Gasteiger partial charge in [-0.05, 0) is 0 Å². The summed E-state index contributed by atoms with van der Waals surface area (Å²) in [7, 11) is 0.291. The number of nitrogens with zero attached hydrogens (tertiary/aromatic N) is 5. The molecular weight excluding hydrogens is 406 g/mol. The van der Waals surface area contributed by atoms with Gasteiger partial charge in [0, 0.05) is 7.05 Å². The topological polar surface area (TPSA) is 91.9 Å². The Bertz CT molecular complexity index is 766.